The number of Topliss-reactive ketones (excluding diaryl/α,β-unsaturated/α-hetero) is 1. The maximum absolute atomic E-state index is 13.5. The van der Waals surface area contributed by atoms with E-state index in [1.165, 1.54) is 17.4 Å². The van der Waals surface area contributed by atoms with Crippen molar-refractivity contribution < 1.29 is 24.2 Å². The Morgan fingerprint density at radius 1 is 0.973 bits per heavy atom. The monoisotopic (exact) mass is 496 g/mol. The number of anilines is 2. The van der Waals surface area contributed by atoms with Crippen molar-refractivity contribution >= 4 is 34.7 Å². The molecule has 2 amide bonds. The molecule has 1 aliphatic carbocycles. The first-order valence-corrected chi connectivity index (χ1v) is 12.3. The van der Waals surface area contributed by atoms with E-state index in [1.807, 2.05) is 18.2 Å². The Kier molecular flexibility index (Phi) is 6.53. The molecule has 3 aromatic rings. The quantitative estimate of drug-likeness (QED) is 0.289. The lowest BCUT2D eigenvalue weighted by Gasteiger charge is -2.26. The van der Waals surface area contributed by atoms with Crippen molar-refractivity contribution in [2.75, 3.05) is 17.3 Å². The maximum atomic E-state index is 13.5. The maximum Gasteiger partial charge on any atom is 0.300 e. The molecule has 7 nitrogen and oxygen atoms in total. The van der Waals surface area contributed by atoms with Crippen LogP contribution in [0.2, 0.25) is 0 Å². The first-order valence-electron chi connectivity index (χ1n) is 12.3. The lowest BCUT2D eigenvalue weighted by Crippen LogP contribution is -2.29. The van der Waals surface area contributed by atoms with Gasteiger partial charge in [-0.25, -0.2) is 0 Å². The van der Waals surface area contributed by atoms with Crippen molar-refractivity contribution in [1.82, 2.24) is 0 Å². The van der Waals surface area contributed by atoms with Crippen molar-refractivity contribution in [1.29, 1.82) is 0 Å². The number of methoxy groups -OCH3 is 1. The van der Waals surface area contributed by atoms with E-state index < -0.39 is 17.7 Å². The van der Waals surface area contributed by atoms with Gasteiger partial charge in [-0.15, -0.1) is 0 Å². The number of carbonyl (C=O) groups is 3. The van der Waals surface area contributed by atoms with Crippen LogP contribution in [0.1, 0.15) is 48.1 Å². The van der Waals surface area contributed by atoms with Crippen LogP contribution in [-0.4, -0.2) is 29.8 Å². The molecular formula is C30H28N2O5. The molecule has 1 heterocycles. The van der Waals surface area contributed by atoms with Crippen LogP contribution in [0.15, 0.2) is 72.3 Å². The fourth-order valence-corrected chi connectivity index (χ4v) is 5.20. The number of nitrogens with zero attached hydrogens (tertiary/aromatic N) is 1. The van der Waals surface area contributed by atoms with Crippen LogP contribution >= 0.6 is 0 Å². The van der Waals surface area contributed by atoms with Crippen LogP contribution in [0, 0.1) is 0 Å². The number of amides is 2. The van der Waals surface area contributed by atoms with Gasteiger partial charge in [0.1, 0.15) is 11.5 Å². The van der Waals surface area contributed by atoms with E-state index >= 15 is 0 Å². The molecule has 3 aromatic carbocycles. The summed E-state index contributed by atoms with van der Waals surface area (Å²) in [6, 6.07) is 18.7. The van der Waals surface area contributed by atoms with Gasteiger partial charge >= 0.3 is 0 Å². The molecule has 0 radical (unpaired) electrons. The molecular weight excluding hydrogens is 468 g/mol. The van der Waals surface area contributed by atoms with E-state index in [1.54, 1.807) is 55.6 Å². The van der Waals surface area contributed by atoms with Crippen molar-refractivity contribution in [3.63, 3.8) is 0 Å². The van der Waals surface area contributed by atoms with Gasteiger partial charge in [-0.05, 0) is 78.8 Å². The summed E-state index contributed by atoms with van der Waals surface area (Å²) in [4.78, 5) is 39.9. The zero-order valence-electron chi connectivity index (χ0n) is 20.8. The molecule has 1 unspecified atom stereocenters. The Labute approximate surface area is 215 Å². The van der Waals surface area contributed by atoms with Crippen LogP contribution in [0.5, 0.6) is 5.75 Å². The molecule has 2 N–H and O–H groups in total. The van der Waals surface area contributed by atoms with Crippen molar-refractivity contribution in [2.45, 2.75) is 38.6 Å². The minimum atomic E-state index is -0.890. The summed E-state index contributed by atoms with van der Waals surface area (Å²) in [6.07, 6.45) is 4.13. The van der Waals surface area contributed by atoms with Crippen LogP contribution in [0.3, 0.4) is 0 Å². The SMILES string of the molecule is COc1cccc(C2/C(=C(/O)c3ccc4c(c3)CCCC4)C(=O)C(=O)N2c2cccc(NC(C)=O)c2)c1. The van der Waals surface area contributed by atoms with Gasteiger partial charge in [0.05, 0.1) is 18.7 Å². The molecule has 1 fully saturated rings. The zero-order valence-corrected chi connectivity index (χ0v) is 20.8. The predicted molar refractivity (Wildman–Crippen MR) is 142 cm³/mol. The number of rotatable bonds is 5. The third-order valence-corrected chi connectivity index (χ3v) is 6.92. The Balaban J connectivity index is 1.68. The number of nitrogens with one attached hydrogen (secondary N) is 1. The molecule has 1 aliphatic heterocycles. The Morgan fingerprint density at radius 3 is 2.49 bits per heavy atom. The van der Waals surface area contributed by atoms with Crippen LogP contribution in [-0.2, 0) is 27.2 Å². The molecule has 37 heavy (non-hydrogen) atoms. The number of benzene rings is 3. The summed E-state index contributed by atoms with van der Waals surface area (Å²) >= 11 is 0. The van der Waals surface area contributed by atoms with Gasteiger partial charge in [0.25, 0.3) is 11.7 Å². The number of ketones is 1. The number of hydrogen-bond donors (Lipinski definition) is 2. The van der Waals surface area contributed by atoms with E-state index in [4.69, 9.17) is 4.74 Å². The topological polar surface area (TPSA) is 95.9 Å². The highest BCUT2D eigenvalue weighted by molar-refractivity contribution is 6.51. The average molecular weight is 497 g/mol. The summed E-state index contributed by atoms with van der Waals surface area (Å²) < 4.78 is 5.40. The number of carbonyl (C=O) groups excluding carboxylic acids is 3. The van der Waals surface area contributed by atoms with Gasteiger partial charge in [0.2, 0.25) is 5.91 Å². The molecule has 7 heteroatoms. The van der Waals surface area contributed by atoms with Gasteiger partial charge in [-0.3, -0.25) is 19.3 Å². The third-order valence-electron chi connectivity index (χ3n) is 6.92. The first-order chi connectivity index (χ1) is 17.9. The van der Waals surface area contributed by atoms with Crippen LogP contribution in [0.25, 0.3) is 5.76 Å². The summed E-state index contributed by atoms with van der Waals surface area (Å²) in [7, 11) is 1.54. The third kappa shape index (κ3) is 4.60. The molecule has 0 saturated carbocycles. The summed E-state index contributed by atoms with van der Waals surface area (Å²) in [5, 5.41) is 14.2. The number of fused-ring (bicyclic) bond motifs is 1. The Morgan fingerprint density at radius 2 is 1.73 bits per heavy atom. The fourth-order valence-electron chi connectivity index (χ4n) is 5.20. The number of aliphatic hydroxyl groups is 1. The lowest BCUT2D eigenvalue weighted by molar-refractivity contribution is -0.132. The molecule has 1 saturated heterocycles. The summed E-state index contributed by atoms with van der Waals surface area (Å²) in [6.45, 7) is 1.40. The second-order valence-electron chi connectivity index (χ2n) is 9.37. The van der Waals surface area contributed by atoms with Crippen molar-refractivity contribution in [2.24, 2.45) is 0 Å². The minimum Gasteiger partial charge on any atom is -0.507 e. The number of aryl methyl sites for hydroxylation is 2. The van der Waals surface area contributed by atoms with Crippen LogP contribution < -0.4 is 15.0 Å². The Hall–Kier alpha value is -4.39. The van der Waals surface area contributed by atoms with Gasteiger partial charge < -0.3 is 15.2 Å². The smallest absolute Gasteiger partial charge is 0.300 e. The molecule has 0 spiro atoms. The van der Waals surface area contributed by atoms with E-state index in [2.05, 4.69) is 5.32 Å². The van der Waals surface area contributed by atoms with Gasteiger partial charge in [-0.1, -0.05) is 30.3 Å². The first kappa shape index (κ1) is 24.3. The second kappa shape index (κ2) is 9.93. The molecule has 0 aromatic heterocycles. The average Bonchev–Trinajstić information content (AvgIpc) is 3.18. The van der Waals surface area contributed by atoms with E-state index in [-0.39, 0.29) is 17.2 Å². The largest absolute Gasteiger partial charge is 0.507 e. The molecule has 2 aliphatic rings. The minimum absolute atomic E-state index is 0.0129. The zero-order chi connectivity index (χ0) is 26.1. The number of aliphatic hydroxyl groups excluding tert-OH is 1. The number of hydrogen-bond acceptors (Lipinski definition) is 5. The lowest BCUT2D eigenvalue weighted by atomic mass is 9.88. The highest BCUT2D eigenvalue weighted by Gasteiger charge is 2.47. The van der Waals surface area contributed by atoms with E-state index in [0.717, 1.165) is 31.2 Å². The molecule has 1 atom stereocenters. The summed E-state index contributed by atoms with van der Waals surface area (Å²) in [5.41, 5.74) is 4.46. The Bertz CT molecular complexity index is 1440. The highest BCUT2D eigenvalue weighted by Crippen LogP contribution is 2.43. The van der Waals surface area contributed by atoms with Gasteiger partial charge in [0.15, 0.2) is 0 Å². The van der Waals surface area contributed by atoms with E-state index in [9.17, 15) is 19.5 Å². The highest BCUT2D eigenvalue weighted by atomic mass is 16.5. The standard InChI is InChI=1S/C30H28N2O5/c1-18(33)31-23-10-6-11-24(17-23)32-27(21-9-5-12-25(16-21)37-2)26(29(35)30(32)36)28(34)22-14-13-19-7-3-4-8-20(19)15-22/h5-6,9-17,27,34H,3-4,7-8H2,1-2H3,(H,31,33)/b28-26-. The second-order valence-corrected chi connectivity index (χ2v) is 9.37. The normalized spacial score (nSPS) is 18.4. The van der Waals surface area contributed by atoms with E-state index in [0.29, 0.717) is 28.3 Å². The van der Waals surface area contributed by atoms with Gasteiger partial charge in [0, 0.05) is 23.9 Å². The predicted octanol–water partition coefficient (Wildman–Crippen LogP) is 5.16. The van der Waals surface area contributed by atoms with Crippen molar-refractivity contribution in [3.8, 4) is 5.75 Å². The van der Waals surface area contributed by atoms with Crippen LogP contribution in [0.4, 0.5) is 11.4 Å². The van der Waals surface area contributed by atoms with Gasteiger partial charge in [-0.2, -0.15) is 0 Å². The molecule has 0 bridgehead atoms. The molecule has 188 valence electrons. The summed E-state index contributed by atoms with van der Waals surface area (Å²) in [5.74, 6) is -1.43. The fraction of sp³-hybridized carbons (Fsp3) is 0.233. The van der Waals surface area contributed by atoms with Crippen molar-refractivity contribution in [3.05, 3.63) is 94.6 Å². The number of ether oxygens (including phenoxy) is 1. The molecule has 5 rings (SSSR count).